The monoisotopic (exact) mass is 329 g/mol. The van der Waals surface area contributed by atoms with Gasteiger partial charge in [-0.05, 0) is 52.8 Å². The number of piperidine rings is 1. The first-order chi connectivity index (χ1) is 11.6. The smallest absolute Gasteiger partial charge is 0.152 e. The number of rotatable bonds is 4. The number of aliphatic imine (C=N–C) groups is 1. The standard InChI is InChI=1S/C19H31N5/c1-5-10-23(6-2)19-15(3)14-24-18(21-19)12-16(13-20-24)17-9-7-8-11-22(17)4/h12-14,16-17H,5-11H2,1-4H3/t16-,17?/m1/s1. The molecule has 24 heavy (non-hydrogen) atoms. The van der Waals surface area contributed by atoms with Crippen LogP contribution in [0, 0.1) is 5.92 Å². The van der Waals surface area contributed by atoms with Crippen LogP contribution in [-0.4, -0.2) is 59.6 Å². The lowest BCUT2D eigenvalue weighted by Gasteiger charge is -2.38. The van der Waals surface area contributed by atoms with Gasteiger partial charge < -0.3 is 9.80 Å². The van der Waals surface area contributed by atoms with Crippen molar-refractivity contribution in [3.63, 3.8) is 0 Å². The fourth-order valence-electron chi connectivity index (χ4n) is 3.93. The molecule has 5 heteroatoms. The average Bonchev–Trinajstić information content (AvgIpc) is 2.59. The van der Waals surface area contributed by atoms with Crippen molar-refractivity contribution in [2.75, 3.05) is 26.7 Å². The predicted octanol–water partition coefficient (Wildman–Crippen LogP) is 3.28. The molecule has 0 saturated carbocycles. The highest BCUT2D eigenvalue weighted by Gasteiger charge is 2.30. The summed E-state index contributed by atoms with van der Waals surface area (Å²) in [7, 11) is 2.24. The SMILES string of the molecule is CCCN(CC)C1=NC2=C[C@@H](C3CCCCN3C)C=NN2C=C1C. The molecule has 0 radical (unpaired) electrons. The molecule has 0 amide bonds. The first-order valence-electron chi connectivity index (χ1n) is 9.41. The van der Waals surface area contributed by atoms with Gasteiger partial charge in [-0.3, -0.25) is 0 Å². The van der Waals surface area contributed by atoms with Gasteiger partial charge in [0.2, 0.25) is 0 Å². The van der Waals surface area contributed by atoms with Gasteiger partial charge in [0.25, 0.3) is 0 Å². The second kappa shape index (κ2) is 7.51. The third kappa shape index (κ3) is 3.41. The highest BCUT2D eigenvalue weighted by atomic mass is 15.5. The van der Waals surface area contributed by atoms with Gasteiger partial charge in [0.05, 0.1) is 0 Å². The maximum absolute atomic E-state index is 4.97. The van der Waals surface area contributed by atoms with Gasteiger partial charge >= 0.3 is 0 Å². The molecule has 3 heterocycles. The average molecular weight is 329 g/mol. The van der Waals surface area contributed by atoms with E-state index in [1.54, 1.807) is 0 Å². The highest BCUT2D eigenvalue weighted by molar-refractivity contribution is 5.99. The summed E-state index contributed by atoms with van der Waals surface area (Å²) in [4.78, 5) is 9.82. The number of likely N-dealkylation sites (N-methyl/N-ethyl adjacent to an activating group) is 1. The fourth-order valence-corrected chi connectivity index (χ4v) is 3.93. The second-order valence-corrected chi connectivity index (χ2v) is 7.08. The topological polar surface area (TPSA) is 34.4 Å². The van der Waals surface area contributed by atoms with E-state index < -0.39 is 0 Å². The van der Waals surface area contributed by atoms with E-state index in [0.717, 1.165) is 31.2 Å². The molecule has 0 bridgehead atoms. The Labute approximate surface area is 146 Å². The van der Waals surface area contributed by atoms with Crippen molar-refractivity contribution in [3.8, 4) is 0 Å². The van der Waals surface area contributed by atoms with Crippen LogP contribution in [-0.2, 0) is 0 Å². The Morgan fingerprint density at radius 2 is 2.12 bits per heavy atom. The lowest BCUT2D eigenvalue weighted by Crippen LogP contribution is -2.43. The van der Waals surface area contributed by atoms with E-state index in [1.807, 2.05) is 5.01 Å². The first kappa shape index (κ1) is 17.2. The minimum Gasteiger partial charge on any atom is -0.357 e. The fraction of sp³-hybridized carbons (Fsp3) is 0.684. The molecule has 3 aliphatic rings. The molecule has 0 aromatic heterocycles. The number of amidine groups is 1. The van der Waals surface area contributed by atoms with Crippen LogP contribution in [0.2, 0.25) is 0 Å². The second-order valence-electron chi connectivity index (χ2n) is 7.08. The molecule has 2 atom stereocenters. The van der Waals surface area contributed by atoms with Crippen molar-refractivity contribution >= 4 is 12.1 Å². The van der Waals surface area contributed by atoms with Gasteiger partial charge in [-0.1, -0.05) is 13.3 Å². The van der Waals surface area contributed by atoms with E-state index in [4.69, 9.17) is 4.99 Å². The van der Waals surface area contributed by atoms with Gasteiger partial charge in [-0.2, -0.15) is 5.10 Å². The number of fused-ring (bicyclic) bond motifs is 1. The minimum absolute atomic E-state index is 0.361. The third-order valence-corrected chi connectivity index (χ3v) is 5.27. The first-order valence-corrected chi connectivity index (χ1v) is 9.41. The van der Waals surface area contributed by atoms with Crippen LogP contribution >= 0.6 is 0 Å². The van der Waals surface area contributed by atoms with Crippen molar-refractivity contribution in [1.82, 2.24) is 14.8 Å². The van der Waals surface area contributed by atoms with Crippen molar-refractivity contribution in [3.05, 3.63) is 23.7 Å². The van der Waals surface area contributed by atoms with Crippen molar-refractivity contribution in [2.24, 2.45) is 16.0 Å². The highest BCUT2D eigenvalue weighted by Crippen LogP contribution is 2.29. The van der Waals surface area contributed by atoms with Crippen LogP contribution in [0.1, 0.15) is 46.5 Å². The largest absolute Gasteiger partial charge is 0.357 e. The Bertz CT molecular complexity index is 574. The summed E-state index contributed by atoms with van der Waals surface area (Å²) >= 11 is 0. The molecule has 1 unspecified atom stereocenters. The summed E-state index contributed by atoms with van der Waals surface area (Å²) in [5.74, 6) is 2.45. The Morgan fingerprint density at radius 1 is 1.29 bits per heavy atom. The summed E-state index contributed by atoms with van der Waals surface area (Å²) < 4.78 is 0. The van der Waals surface area contributed by atoms with Crippen molar-refractivity contribution in [2.45, 2.75) is 52.5 Å². The van der Waals surface area contributed by atoms with Gasteiger partial charge in [0, 0.05) is 43.0 Å². The number of hydrazone groups is 1. The number of likely N-dealkylation sites (tertiary alicyclic amines) is 1. The van der Waals surface area contributed by atoms with Crippen LogP contribution < -0.4 is 0 Å². The molecule has 3 rings (SSSR count). The molecule has 1 fully saturated rings. The van der Waals surface area contributed by atoms with Gasteiger partial charge in [0.1, 0.15) is 5.84 Å². The van der Waals surface area contributed by atoms with Crippen LogP contribution in [0.4, 0.5) is 0 Å². The summed E-state index contributed by atoms with van der Waals surface area (Å²) in [6, 6.07) is 0.556. The molecule has 0 spiro atoms. The van der Waals surface area contributed by atoms with Gasteiger partial charge in [-0.15, -0.1) is 0 Å². The minimum atomic E-state index is 0.361. The predicted molar refractivity (Wildman–Crippen MR) is 101 cm³/mol. The van der Waals surface area contributed by atoms with E-state index in [1.165, 1.54) is 31.4 Å². The van der Waals surface area contributed by atoms with Crippen LogP contribution in [0.15, 0.2) is 33.8 Å². The van der Waals surface area contributed by atoms with Crippen molar-refractivity contribution < 1.29 is 0 Å². The maximum atomic E-state index is 4.97. The zero-order valence-electron chi connectivity index (χ0n) is 15.6. The quantitative estimate of drug-likeness (QED) is 0.794. The lowest BCUT2D eigenvalue weighted by atomic mass is 9.90. The number of hydrogen-bond acceptors (Lipinski definition) is 5. The zero-order chi connectivity index (χ0) is 17.1. The lowest BCUT2D eigenvalue weighted by molar-refractivity contribution is 0.167. The van der Waals surface area contributed by atoms with Gasteiger partial charge in [0.15, 0.2) is 5.82 Å². The molecule has 0 aliphatic carbocycles. The maximum Gasteiger partial charge on any atom is 0.152 e. The van der Waals surface area contributed by atoms with E-state index >= 15 is 0 Å². The summed E-state index contributed by atoms with van der Waals surface area (Å²) in [5.41, 5.74) is 1.19. The molecule has 3 aliphatic heterocycles. The van der Waals surface area contributed by atoms with Crippen LogP contribution in [0.3, 0.4) is 0 Å². The third-order valence-electron chi connectivity index (χ3n) is 5.27. The summed E-state index contributed by atoms with van der Waals surface area (Å²) in [6.07, 6.45) is 11.5. The normalized spacial score (nSPS) is 27.3. The van der Waals surface area contributed by atoms with E-state index in [-0.39, 0.29) is 0 Å². The van der Waals surface area contributed by atoms with Crippen LogP contribution in [0.25, 0.3) is 0 Å². The number of hydrogen-bond donors (Lipinski definition) is 0. The Hall–Kier alpha value is -1.62. The van der Waals surface area contributed by atoms with Gasteiger partial charge in [-0.25, -0.2) is 10.0 Å². The van der Waals surface area contributed by atoms with Crippen molar-refractivity contribution in [1.29, 1.82) is 0 Å². The van der Waals surface area contributed by atoms with E-state index in [2.05, 4.69) is 61.2 Å². The van der Waals surface area contributed by atoms with E-state index in [9.17, 15) is 0 Å². The molecule has 0 N–H and O–H groups in total. The molecule has 1 saturated heterocycles. The molecule has 132 valence electrons. The molecular formula is C19H31N5. The number of nitrogens with zero attached hydrogens (tertiary/aromatic N) is 5. The van der Waals surface area contributed by atoms with E-state index in [0.29, 0.717) is 12.0 Å². The Morgan fingerprint density at radius 3 is 2.83 bits per heavy atom. The molecular weight excluding hydrogens is 298 g/mol. The Balaban J connectivity index is 1.84. The molecule has 0 aromatic carbocycles. The Kier molecular flexibility index (Phi) is 5.39. The molecule has 5 nitrogen and oxygen atoms in total. The molecule has 0 aromatic rings. The van der Waals surface area contributed by atoms with Crippen LogP contribution in [0.5, 0.6) is 0 Å². The summed E-state index contributed by atoms with van der Waals surface area (Å²) in [6.45, 7) is 9.77. The summed E-state index contributed by atoms with van der Waals surface area (Å²) in [5, 5.41) is 6.60. The zero-order valence-corrected chi connectivity index (χ0v) is 15.6.